The van der Waals surface area contributed by atoms with E-state index in [0.29, 0.717) is 0 Å². The molecule has 3 rings (SSSR count). The molecule has 0 bridgehead atoms. The molecular formula is C14H16N4. The van der Waals surface area contributed by atoms with E-state index in [1.165, 1.54) is 10.9 Å². The van der Waals surface area contributed by atoms with Crippen LogP contribution in [0.4, 0.5) is 0 Å². The maximum absolute atomic E-state index is 4.55. The van der Waals surface area contributed by atoms with Gasteiger partial charge in [0.1, 0.15) is 5.82 Å². The Morgan fingerprint density at radius 1 is 1.22 bits per heavy atom. The molecule has 4 nitrogen and oxygen atoms in total. The summed E-state index contributed by atoms with van der Waals surface area (Å²) in [5.74, 6) is 1.77. The van der Waals surface area contributed by atoms with Crippen LogP contribution in [0.2, 0.25) is 0 Å². The van der Waals surface area contributed by atoms with E-state index >= 15 is 0 Å². The van der Waals surface area contributed by atoms with Crippen molar-refractivity contribution in [1.82, 2.24) is 19.3 Å². The van der Waals surface area contributed by atoms with Crippen LogP contribution >= 0.6 is 0 Å². The van der Waals surface area contributed by atoms with Crippen molar-refractivity contribution in [2.45, 2.75) is 20.4 Å². The molecule has 0 aliphatic heterocycles. The number of rotatable bonds is 2. The first-order chi connectivity index (χ1) is 8.70. The highest BCUT2D eigenvalue weighted by molar-refractivity contribution is 5.94. The minimum Gasteiger partial charge on any atom is -0.350 e. The topological polar surface area (TPSA) is 35.6 Å². The van der Waals surface area contributed by atoms with Gasteiger partial charge < -0.3 is 4.57 Å². The molecule has 18 heavy (non-hydrogen) atoms. The molecule has 0 aliphatic rings. The van der Waals surface area contributed by atoms with Crippen LogP contribution in [0.3, 0.4) is 0 Å². The smallest absolute Gasteiger partial charge is 0.160 e. The fourth-order valence-electron chi connectivity index (χ4n) is 2.40. The van der Waals surface area contributed by atoms with Crippen molar-refractivity contribution in [2.24, 2.45) is 7.05 Å². The van der Waals surface area contributed by atoms with Crippen molar-refractivity contribution in [3.8, 4) is 11.4 Å². The molecule has 0 saturated carbocycles. The van der Waals surface area contributed by atoms with Gasteiger partial charge in [-0.05, 0) is 19.9 Å². The summed E-state index contributed by atoms with van der Waals surface area (Å²) in [6, 6.07) is 8.38. The van der Waals surface area contributed by atoms with Crippen molar-refractivity contribution in [3.05, 3.63) is 36.3 Å². The Morgan fingerprint density at radius 2 is 2.00 bits per heavy atom. The van der Waals surface area contributed by atoms with E-state index in [-0.39, 0.29) is 0 Å². The molecule has 0 N–H and O–H groups in total. The first-order valence-electron chi connectivity index (χ1n) is 6.16. The van der Waals surface area contributed by atoms with Gasteiger partial charge >= 0.3 is 0 Å². The molecule has 0 aliphatic carbocycles. The number of hydrogen-bond donors (Lipinski definition) is 0. The highest BCUT2D eigenvalue weighted by atomic mass is 15.3. The summed E-state index contributed by atoms with van der Waals surface area (Å²) in [7, 11) is 2.06. The lowest BCUT2D eigenvalue weighted by Gasteiger charge is -2.00. The van der Waals surface area contributed by atoms with Gasteiger partial charge in [0.05, 0.1) is 0 Å². The van der Waals surface area contributed by atoms with E-state index in [2.05, 4.69) is 59.1 Å². The number of para-hydroxylation sites is 1. The monoisotopic (exact) mass is 240 g/mol. The summed E-state index contributed by atoms with van der Waals surface area (Å²) in [4.78, 5) is 4.55. The standard InChI is InChI=1S/C14H16N4/c1-4-18-14(15-10(2)16-18)12-9-17(3)13-8-6-5-7-11(12)13/h5-9H,4H2,1-3H3. The predicted octanol–water partition coefficient (Wildman–Crippen LogP) is 2.77. The van der Waals surface area contributed by atoms with Crippen LogP contribution in [0, 0.1) is 6.92 Å². The zero-order valence-corrected chi connectivity index (χ0v) is 10.9. The van der Waals surface area contributed by atoms with Crippen LogP contribution in [0.5, 0.6) is 0 Å². The van der Waals surface area contributed by atoms with Crippen LogP contribution < -0.4 is 0 Å². The van der Waals surface area contributed by atoms with Crippen molar-refractivity contribution in [2.75, 3.05) is 0 Å². The summed E-state index contributed by atoms with van der Waals surface area (Å²) >= 11 is 0. The van der Waals surface area contributed by atoms with E-state index in [9.17, 15) is 0 Å². The van der Waals surface area contributed by atoms with Gasteiger partial charge in [-0.25, -0.2) is 9.67 Å². The number of fused-ring (bicyclic) bond motifs is 1. The SMILES string of the molecule is CCn1nc(C)nc1-c1cn(C)c2ccccc12. The third-order valence-corrected chi connectivity index (χ3v) is 3.22. The highest BCUT2D eigenvalue weighted by Crippen LogP contribution is 2.28. The first kappa shape index (κ1) is 11.0. The van der Waals surface area contributed by atoms with Crippen molar-refractivity contribution < 1.29 is 0 Å². The second-order valence-electron chi connectivity index (χ2n) is 4.47. The van der Waals surface area contributed by atoms with E-state index in [0.717, 1.165) is 23.8 Å². The molecule has 1 aromatic carbocycles. The van der Waals surface area contributed by atoms with Gasteiger partial charge in [-0.1, -0.05) is 18.2 Å². The molecule has 0 amide bonds. The largest absolute Gasteiger partial charge is 0.350 e. The van der Waals surface area contributed by atoms with Crippen molar-refractivity contribution >= 4 is 10.9 Å². The first-order valence-corrected chi connectivity index (χ1v) is 6.16. The Labute approximate surface area is 106 Å². The second-order valence-corrected chi connectivity index (χ2v) is 4.47. The highest BCUT2D eigenvalue weighted by Gasteiger charge is 2.14. The minimum absolute atomic E-state index is 0.819. The average Bonchev–Trinajstić information content (AvgIpc) is 2.91. The molecule has 0 radical (unpaired) electrons. The zero-order chi connectivity index (χ0) is 12.7. The molecule has 0 unspecified atom stereocenters. The molecule has 92 valence electrons. The molecule has 2 aromatic heterocycles. The second kappa shape index (κ2) is 3.98. The Balaban J connectivity index is 2.31. The lowest BCUT2D eigenvalue weighted by atomic mass is 10.1. The van der Waals surface area contributed by atoms with Crippen LogP contribution in [0.25, 0.3) is 22.3 Å². The molecule has 3 aromatic rings. The van der Waals surface area contributed by atoms with Crippen LogP contribution in [-0.2, 0) is 13.6 Å². The van der Waals surface area contributed by atoms with Crippen molar-refractivity contribution in [3.63, 3.8) is 0 Å². The van der Waals surface area contributed by atoms with E-state index in [4.69, 9.17) is 0 Å². The maximum Gasteiger partial charge on any atom is 0.160 e. The lowest BCUT2D eigenvalue weighted by Crippen LogP contribution is -1.99. The van der Waals surface area contributed by atoms with E-state index < -0.39 is 0 Å². The summed E-state index contributed by atoms with van der Waals surface area (Å²) in [5, 5.41) is 5.64. The van der Waals surface area contributed by atoms with E-state index in [1.807, 2.05) is 11.6 Å². The number of nitrogens with zero attached hydrogens (tertiary/aromatic N) is 4. The predicted molar refractivity (Wildman–Crippen MR) is 72.3 cm³/mol. The number of aryl methyl sites for hydroxylation is 3. The summed E-state index contributed by atoms with van der Waals surface area (Å²) in [6.07, 6.45) is 2.13. The number of hydrogen-bond acceptors (Lipinski definition) is 2. The fourth-order valence-corrected chi connectivity index (χ4v) is 2.40. The van der Waals surface area contributed by atoms with Crippen LogP contribution in [0.1, 0.15) is 12.7 Å². The summed E-state index contributed by atoms with van der Waals surface area (Å²) in [5.41, 5.74) is 2.37. The Bertz CT molecular complexity index is 706. The maximum atomic E-state index is 4.55. The molecule has 4 heteroatoms. The summed E-state index contributed by atoms with van der Waals surface area (Å²) < 4.78 is 4.09. The Hall–Kier alpha value is -2.10. The van der Waals surface area contributed by atoms with Gasteiger partial charge in [-0.3, -0.25) is 0 Å². The van der Waals surface area contributed by atoms with Gasteiger partial charge in [-0.15, -0.1) is 0 Å². The van der Waals surface area contributed by atoms with E-state index in [1.54, 1.807) is 0 Å². The Morgan fingerprint density at radius 3 is 2.78 bits per heavy atom. The van der Waals surface area contributed by atoms with Crippen molar-refractivity contribution in [1.29, 1.82) is 0 Å². The molecule has 0 spiro atoms. The minimum atomic E-state index is 0.819. The Kier molecular flexibility index (Phi) is 2.44. The average molecular weight is 240 g/mol. The third-order valence-electron chi connectivity index (χ3n) is 3.22. The normalized spacial score (nSPS) is 11.3. The number of benzene rings is 1. The molecule has 0 fully saturated rings. The third kappa shape index (κ3) is 1.53. The fraction of sp³-hybridized carbons (Fsp3) is 0.286. The lowest BCUT2D eigenvalue weighted by molar-refractivity contribution is 0.660. The number of aromatic nitrogens is 4. The van der Waals surface area contributed by atoms with Gasteiger partial charge in [0.2, 0.25) is 0 Å². The van der Waals surface area contributed by atoms with Crippen LogP contribution in [0.15, 0.2) is 30.5 Å². The zero-order valence-electron chi connectivity index (χ0n) is 10.9. The molecule has 0 atom stereocenters. The van der Waals surface area contributed by atoms with Gasteiger partial charge in [0.15, 0.2) is 5.82 Å². The molecular weight excluding hydrogens is 224 g/mol. The van der Waals surface area contributed by atoms with Gasteiger partial charge in [0, 0.05) is 36.3 Å². The molecule has 2 heterocycles. The van der Waals surface area contributed by atoms with Gasteiger partial charge in [0.25, 0.3) is 0 Å². The van der Waals surface area contributed by atoms with Crippen LogP contribution in [-0.4, -0.2) is 19.3 Å². The quantitative estimate of drug-likeness (QED) is 0.690. The molecule has 0 saturated heterocycles. The summed E-state index contributed by atoms with van der Waals surface area (Å²) in [6.45, 7) is 4.85. The van der Waals surface area contributed by atoms with Gasteiger partial charge in [-0.2, -0.15) is 5.10 Å².